The molecule has 1 fully saturated rings. The molecule has 1 aliphatic heterocycles. The number of hydrogen-bond donors (Lipinski definition) is 0. The molecule has 4 rings (SSSR count). The summed E-state index contributed by atoms with van der Waals surface area (Å²) in [6.45, 7) is 8.05. The fraction of sp³-hybridized carbons (Fsp3) is 0.346. The van der Waals surface area contributed by atoms with Crippen molar-refractivity contribution < 1.29 is 18.8 Å². The van der Waals surface area contributed by atoms with Gasteiger partial charge in [0.1, 0.15) is 18.1 Å². The van der Waals surface area contributed by atoms with Gasteiger partial charge in [-0.15, -0.1) is 0 Å². The van der Waals surface area contributed by atoms with Crippen LogP contribution in [0.5, 0.6) is 5.75 Å². The standard InChI is InChI=1S/C26H29N3O4/c1-4-20-9-11-21(12-10-20)25(30)28-13-15-29(16-14-28)26(31)22-7-5-6-8-24(22)32-17-23-18(2)27-33-19(23)3/h5-12H,4,13-17H2,1-3H3. The molecule has 3 aromatic rings. The van der Waals surface area contributed by atoms with Crippen LogP contribution in [0.25, 0.3) is 0 Å². The molecule has 172 valence electrons. The molecule has 0 radical (unpaired) electrons. The highest BCUT2D eigenvalue weighted by Gasteiger charge is 2.27. The first-order valence-electron chi connectivity index (χ1n) is 11.3. The molecule has 0 aliphatic carbocycles. The predicted molar refractivity (Wildman–Crippen MR) is 124 cm³/mol. The lowest BCUT2D eigenvalue weighted by atomic mass is 10.1. The minimum Gasteiger partial charge on any atom is -0.488 e. The Bertz CT molecular complexity index is 1110. The number of para-hydroxylation sites is 1. The third kappa shape index (κ3) is 4.92. The van der Waals surface area contributed by atoms with Crippen molar-refractivity contribution in [3.8, 4) is 5.75 Å². The van der Waals surface area contributed by atoms with E-state index in [0.29, 0.717) is 48.8 Å². The van der Waals surface area contributed by atoms with Crippen LogP contribution in [0.2, 0.25) is 0 Å². The van der Waals surface area contributed by atoms with E-state index in [2.05, 4.69) is 12.1 Å². The summed E-state index contributed by atoms with van der Waals surface area (Å²) in [4.78, 5) is 29.7. The Morgan fingerprint density at radius 3 is 2.18 bits per heavy atom. The first-order valence-corrected chi connectivity index (χ1v) is 11.3. The second-order valence-electron chi connectivity index (χ2n) is 8.22. The minimum absolute atomic E-state index is 0.00736. The number of carbonyl (C=O) groups is 2. The van der Waals surface area contributed by atoms with Crippen LogP contribution in [-0.4, -0.2) is 52.9 Å². The van der Waals surface area contributed by atoms with Crippen molar-refractivity contribution >= 4 is 11.8 Å². The summed E-state index contributed by atoms with van der Waals surface area (Å²) in [7, 11) is 0. The third-order valence-corrected chi connectivity index (χ3v) is 6.13. The van der Waals surface area contributed by atoms with Crippen LogP contribution in [0.1, 0.15) is 50.2 Å². The van der Waals surface area contributed by atoms with E-state index in [0.717, 1.165) is 17.7 Å². The quantitative estimate of drug-likeness (QED) is 0.570. The Hall–Kier alpha value is -3.61. The van der Waals surface area contributed by atoms with Crippen molar-refractivity contribution in [2.75, 3.05) is 26.2 Å². The molecular formula is C26H29N3O4. The molecule has 0 atom stereocenters. The van der Waals surface area contributed by atoms with E-state index in [9.17, 15) is 9.59 Å². The number of carbonyl (C=O) groups excluding carboxylic acids is 2. The normalized spacial score (nSPS) is 13.8. The highest BCUT2D eigenvalue weighted by molar-refractivity contribution is 5.97. The van der Waals surface area contributed by atoms with Gasteiger partial charge in [0.25, 0.3) is 11.8 Å². The van der Waals surface area contributed by atoms with E-state index in [1.54, 1.807) is 17.0 Å². The van der Waals surface area contributed by atoms with Gasteiger partial charge in [-0.2, -0.15) is 0 Å². The molecule has 7 heteroatoms. The van der Waals surface area contributed by atoms with Crippen LogP contribution in [0.15, 0.2) is 53.1 Å². The van der Waals surface area contributed by atoms with E-state index in [1.807, 2.05) is 55.1 Å². The van der Waals surface area contributed by atoms with E-state index >= 15 is 0 Å². The fourth-order valence-corrected chi connectivity index (χ4v) is 3.98. The number of aromatic nitrogens is 1. The largest absolute Gasteiger partial charge is 0.488 e. The summed E-state index contributed by atoms with van der Waals surface area (Å²) in [5.74, 6) is 1.15. The molecule has 7 nitrogen and oxygen atoms in total. The summed E-state index contributed by atoms with van der Waals surface area (Å²) < 4.78 is 11.2. The van der Waals surface area contributed by atoms with E-state index in [1.165, 1.54) is 5.56 Å². The maximum atomic E-state index is 13.2. The van der Waals surface area contributed by atoms with Gasteiger partial charge in [-0.3, -0.25) is 9.59 Å². The van der Waals surface area contributed by atoms with Gasteiger partial charge in [0.2, 0.25) is 0 Å². The van der Waals surface area contributed by atoms with Crippen molar-refractivity contribution in [3.05, 3.63) is 82.2 Å². The van der Waals surface area contributed by atoms with Gasteiger partial charge < -0.3 is 19.1 Å². The molecule has 0 saturated carbocycles. The van der Waals surface area contributed by atoms with Crippen molar-refractivity contribution in [1.82, 2.24) is 15.0 Å². The number of rotatable bonds is 6. The number of aryl methyl sites for hydroxylation is 3. The zero-order valence-electron chi connectivity index (χ0n) is 19.3. The average molecular weight is 448 g/mol. The summed E-state index contributed by atoms with van der Waals surface area (Å²) in [5.41, 5.74) is 4.07. The van der Waals surface area contributed by atoms with Crippen LogP contribution in [-0.2, 0) is 13.0 Å². The van der Waals surface area contributed by atoms with Gasteiger partial charge in [-0.25, -0.2) is 0 Å². The Labute approximate surface area is 193 Å². The molecule has 1 saturated heterocycles. The Kier molecular flexibility index (Phi) is 6.77. The van der Waals surface area contributed by atoms with Crippen LogP contribution in [0.3, 0.4) is 0 Å². The Balaban J connectivity index is 1.39. The summed E-state index contributed by atoms with van der Waals surface area (Å²) in [6, 6.07) is 15.0. The van der Waals surface area contributed by atoms with Crippen LogP contribution in [0, 0.1) is 13.8 Å². The first kappa shape index (κ1) is 22.6. The fourth-order valence-electron chi connectivity index (χ4n) is 3.98. The molecule has 33 heavy (non-hydrogen) atoms. The first-order chi connectivity index (χ1) is 16.0. The third-order valence-electron chi connectivity index (χ3n) is 6.13. The molecule has 0 unspecified atom stereocenters. The number of nitrogens with zero attached hydrogens (tertiary/aromatic N) is 3. The maximum absolute atomic E-state index is 13.2. The molecule has 0 spiro atoms. The summed E-state index contributed by atoms with van der Waals surface area (Å²) in [5, 5.41) is 3.95. The molecule has 0 N–H and O–H groups in total. The second-order valence-corrected chi connectivity index (χ2v) is 8.22. The van der Waals surface area contributed by atoms with Gasteiger partial charge in [0.15, 0.2) is 0 Å². The second kappa shape index (κ2) is 9.90. The predicted octanol–water partition coefficient (Wildman–Crippen LogP) is 4.03. The van der Waals surface area contributed by atoms with Crippen molar-refractivity contribution in [1.29, 1.82) is 0 Å². The SMILES string of the molecule is CCc1ccc(C(=O)N2CCN(C(=O)c3ccccc3OCc3c(C)noc3C)CC2)cc1. The topological polar surface area (TPSA) is 75.9 Å². The molecule has 1 aliphatic rings. The van der Waals surface area contributed by atoms with Gasteiger partial charge in [-0.05, 0) is 50.1 Å². The molecular weight excluding hydrogens is 418 g/mol. The van der Waals surface area contributed by atoms with E-state index < -0.39 is 0 Å². The van der Waals surface area contributed by atoms with Crippen LogP contribution in [0.4, 0.5) is 0 Å². The zero-order chi connectivity index (χ0) is 23.4. The number of benzene rings is 2. The molecule has 2 aromatic carbocycles. The van der Waals surface area contributed by atoms with Crippen molar-refractivity contribution in [2.45, 2.75) is 33.8 Å². The molecule has 0 bridgehead atoms. The van der Waals surface area contributed by atoms with Gasteiger partial charge in [0.05, 0.1) is 16.8 Å². The molecule has 2 heterocycles. The van der Waals surface area contributed by atoms with E-state index in [-0.39, 0.29) is 18.4 Å². The lowest BCUT2D eigenvalue weighted by Crippen LogP contribution is -2.50. The minimum atomic E-state index is -0.0937. The summed E-state index contributed by atoms with van der Waals surface area (Å²) in [6.07, 6.45) is 0.943. The smallest absolute Gasteiger partial charge is 0.257 e. The Morgan fingerprint density at radius 2 is 1.58 bits per heavy atom. The average Bonchev–Trinajstić information content (AvgIpc) is 3.19. The molecule has 2 amide bonds. The number of hydrogen-bond acceptors (Lipinski definition) is 5. The highest BCUT2D eigenvalue weighted by Crippen LogP contribution is 2.23. The number of amides is 2. The van der Waals surface area contributed by atoms with Crippen LogP contribution < -0.4 is 4.74 Å². The lowest BCUT2D eigenvalue weighted by molar-refractivity contribution is 0.0533. The van der Waals surface area contributed by atoms with Gasteiger partial charge >= 0.3 is 0 Å². The zero-order valence-corrected chi connectivity index (χ0v) is 19.3. The van der Waals surface area contributed by atoms with Crippen molar-refractivity contribution in [2.24, 2.45) is 0 Å². The van der Waals surface area contributed by atoms with Gasteiger partial charge in [-0.1, -0.05) is 36.3 Å². The number of piperazine rings is 1. The Morgan fingerprint density at radius 1 is 0.939 bits per heavy atom. The lowest BCUT2D eigenvalue weighted by Gasteiger charge is -2.35. The maximum Gasteiger partial charge on any atom is 0.257 e. The number of ether oxygens (including phenoxy) is 1. The summed E-state index contributed by atoms with van der Waals surface area (Å²) >= 11 is 0. The molecule has 1 aromatic heterocycles. The van der Waals surface area contributed by atoms with Crippen molar-refractivity contribution in [3.63, 3.8) is 0 Å². The van der Waals surface area contributed by atoms with Crippen LogP contribution >= 0.6 is 0 Å². The van der Waals surface area contributed by atoms with E-state index in [4.69, 9.17) is 9.26 Å². The monoisotopic (exact) mass is 447 g/mol. The highest BCUT2D eigenvalue weighted by atomic mass is 16.5. The van der Waals surface area contributed by atoms with Gasteiger partial charge in [0, 0.05) is 31.7 Å².